The number of aromatic hydroxyl groups is 1. The van der Waals surface area contributed by atoms with E-state index in [4.69, 9.17) is 0 Å². The minimum atomic E-state index is -0.607. The molecule has 0 aliphatic rings. The molecule has 3 aromatic rings. The third-order valence-electron chi connectivity index (χ3n) is 4.53. The lowest BCUT2D eigenvalue weighted by molar-refractivity contribution is 0.0989. The van der Waals surface area contributed by atoms with Crippen LogP contribution in [0.1, 0.15) is 36.7 Å². The van der Waals surface area contributed by atoms with Crippen LogP contribution in [0.3, 0.4) is 0 Å². The van der Waals surface area contributed by atoms with Crippen molar-refractivity contribution in [1.29, 1.82) is 0 Å². The average Bonchev–Trinajstić information content (AvgIpc) is 2.60. The Hall–Kier alpha value is -3.08. The van der Waals surface area contributed by atoms with Gasteiger partial charge in [-0.1, -0.05) is 45.0 Å². The summed E-state index contributed by atoms with van der Waals surface area (Å²) in [4.78, 5) is 29.2. The number of nitrogens with one attached hydrogen (secondary N) is 1. The Balaban J connectivity index is 2.01. The summed E-state index contributed by atoms with van der Waals surface area (Å²) in [6, 6.07) is 14.4. The summed E-state index contributed by atoms with van der Waals surface area (Å²) in [6.45, 7) is 6.34. The maximum absolute atomic E-state index is 12.9. The van der Waals surface area contributed by atoms with Gasteiger partial charge in [0.2, 0.25) is 0 Å². The molecule has 3 rings (SSSR count). The molecule has 0 saturated heterocycles. The lowest BCUT2D eigenvalue weighted by atomic mass is 9.87. The minimum absolute atomic E-state index is 0.00880. The van der Waals surface area contributed by atoms with Crippen LogP contribution < -0.4 is 10.5 Å². The van der Waals surface area contributed by atoms with E-state index in [0.29, 0.717) is 16.6 Å². The van der Waals surface area contributed by atoms with E-state index < -0.39 is 11.5 Å². The Morgan fingerprint density at radius 3 is 2.27 bits per heavy atom. The van der Waals surface area contributed by atoms with Crippen LogP contribution in [-0.2, 0) is 5.41 Å². The molecule has 5 heteroatoms. The van der Waals surface area contributed by atoms with Crippen molar-refractivity contribution in [3.63, 3.8) is 0 Å². The molecule has 2 N–H and O–H groups in total. The van der Waals surface area contributed by atoms with Gasteiger partial charge in [0, 0.05) is 18.1 Å². The van der Waals surface area contributed by atoms with Crippen molar-refractivity contribution in [1.82, 2.24) is 4.98 Å². The standard InChI is InChI=1S/C21H22N2O3/c1-21(2,3)13-9-11-14(12-10-13)23(4)20(26)17-18(24)15-7-5-6-8-16(15)22-19(17)25/h5-12H,1-4H3,(H2,22,24,25). The summed E-state index contributed by atoms with van der Waals surface area (Å²) in [5.41, 5.74) is 1.43. The number of rotatable bonds is 2. The molecule has 1 heterocycles. The maximum Gasteiger partial charge on any atom is 0.267 e. The Morgan fingerprint density at radius 1 is 1.04 bits per heavy atom. The van der Waals surface area contributed by atoms with Crippen molar-refractivity contribution < 1.29 is 9.90 Å². The van der Waals surface area contributed by atoms with Gasteiger partial charge in [-0.15, -0.1) is 0 Å². The quantitative estimate of drug-likeness (QED) is 0.738. The van der Waals surface area contributed by atoms with E-state index in [0.717, 1.165) is 5.56 Å². The number of pyridine rings is 1. The minimum Gasteiger partial charge on any atom is -0.506 e. The fraction of sp³-hybridized carbons (Fsp3) is 0.238. The van der Waals surface area contributed by atoms with E-state index in [1.54, 1.807) is 31.3 Å². The number of carbonyl (C=O) groups is 1. The normalized spacial score (nSPS) is 11.5. The molecular formula is C21H22N2O3. The molecule has 0 radical (unpaired) electrons. The van der Waals surface area contributed by atoms with Crippen LogP contribution in [-0.4, -0.2) is 23.0 Å². The van der Waals surface area contributed by atoms with Gasteiger partial charge in [-0.2, -0.15) is 0 Å². The summed E-state index contributed by atoms with van der Waals surface area (Å²) in [5, 5.41) is 10.9. The van der Waals surface area contributed by atoms with E-state index in [1.165, 1.54) is 4.90 Å². The average molecular weight is 350 g/mol. The van der Waals surface area contributed by atoms with Crippen molar-refractivity contribution in [3.8, 4) is 5.75 Å². The van der Waals surface area contributed by atoms with Gasteiger partial charge >= 0.3 is 0 Å². The summed E-state index contributed by atoms with van der Waals surface area (Å²) < 4.78 is 0. The molecule has 1 amide bonds. The van der Waals surface area contributed by atoms with Gasteiger partial charge in [0.25, 0.3) is 11.5 Å². The molecule has 134 valence electrons. The predicted octanol–water partition coefficient (Wildman–Crippen LogP) is 3.81. The molecule has 0 unspecified atom stereocenters. The molecule has 0 aliphatic carbocycles. The van der Waals surface area contributed by atoms with E-state index in [9.17, 15) is 14.7 Å². The predicted molar refractivity (Wildman–Crippen MR) is 104 cm³/mol. The smallest absolute Gasteiger partial charge is 0.267 e. The first-order valence-electron chi connectivity index (χ1n) is 8.42. The van der Waals surface area contributed by atoms with Crippen molar-refractivity contribution >= 4 is 22.5 Å². The second-order valence-corrected chi connectivity index (χ2v) is 7.38. The van der Waals surface area contributed by atoms with Crippen LogP contribution in [0.15, 0.2) is 53.3 Å². The number of H-pyrrole nitrogens is 1. The number of para-hydroxylation sites is 1. The topological polar surface area (TPSA) is 73.4 Å². The zero-order valence-electron chi connectivity index (χ0n) is 15.3. The molecule has 0 aliphatic heterocycles. The molecule has 0 saturated carbocycles. The van der Waals surface area contributed by atoms with Crippen molar-refractivity contribution in [2.45, 2.75) is 26.2 Å². The van der Waals surface area contributed by atoms with Gasteiger partial charge in [-0.05, 0) is 35.2 Å². The van der Waals surface area contributed by atoms with Crippen molar-refractivity contribution in [3.05, 3.63) is 70.0 Å². The van der Waals surface area contributed by atoms with E-state index in [-0.39, 0.29) is 16.7 Å². The molecule has 26 heavy (non-hydrogen) atoms. The van der Waals surface area contributed by atoms with Crippen LogP contribution in [0, 0.1) is 0 Å². The molecule has 0 spiro atoms. The number of aromatic nitrogens is 1. The van der Waals surface area contributed by atoms with E-state index in [1.807, 2.05) is 24.3 Å². The molecule has 2 aromatic carbocycles. The highest BCUT2D eigenvalue weighted by Gasteiger charge is 2.23. The number of carbonyl (C=O) groups excluding carboxylic acids is 1. The highest BCUT2D eigenvalue weighted by atomic mass is 16.3. The van der Waals surface area contributed by atoms with Crippen molar-refractivity contribution in [2.24, 2.45) is 0 Å². The zero-order chi connectivity index (χ0) is 19.1. The van der Waals surface area contributed by atoms with Gasteiger partial charge in [0.1, 0.15) is 11.3 Å². The molecule has 0 bridgehead atoms. The van der Waals surface area contributed by atoms with E-state index in [2.05, 4.69) is 25.8 Å². The van der Waals surface area contributed by atoms with Gasteiger partial charge in [0.15, 0.2) is 0 Å². The van der Waals surface area contributed by atoms with Crippen LogP contribution >= 0.6 is 0 Å². The summed E-state index contributed by atoms with van der Waals surface area (Å²) >= 11 is 0. The molecular weight excluding hydrogens is 328 g/mol. The zero-order valence-corrected chi connectivity index (χ0v) is 15.3. The molecule has 5 nitrogen and oxygen atoms in total. The Morgan fingerprint density at radius 2 is 1.65 bits per heavy atom. The fourth-order valence-corrected chi connectivity index (χ4v) is 2.89. The van der Waals surface area contributed by atoms with E-state index >= 15 is 0 Å². The molecule has 0 atom stereocenters. The second kappa shape index (κ2) is 6.33. The molecule has 1 aromatic heterocycles. The monoisotopic (exact) mass is 350 g/mol. The van der Waals surface area contributed by atoms with Crippen LogP contribution in [0.2, 0.25) is 0 Å². The SMILES string of the molecule is CN(C(=O)c1c(O)c2ccccc2[nH]c1=O)c1ccc(C(C)(C)C)cc1. The number of nitrogens with zero attached hydrogens (tertiary/aromatic N) is 1. The number of benzene rings is 2. The maximum atomic E-state index is 12.9. The lowest BCUT2D eigenvalue weighted by Crippen LogP contribution is -2.31. The fourth-order valence-electron chi connectivity index (χ4n) is 2.89. The third-order valence-corrected chi connectivity index (χ3v) is 4.53. The second-order valence-electron chi connectivity index (χ2n) is 7.38. The Labute approximate surface area is 151 Å². The number of hydrogen-bond donors (Lipinski definition) is 2. The Bertz CT molecular complexity index is 1030. The summed E-state index contributed by atoms with van der Waals surface area (Å²) in [5.74, 6) is -0.856. The number of aromatic amines is 1. The van der Waals surface area contributed by atoms with Crippen molar-refractivity contribution in [2.75, 3.05) is 11.9 Å². The van der Waals surface area contributed by atoms with Crippen LogP contribution in [0.4, 0.5) is 5.69 Å². The van der Waals surface area contributed by atoms with Gasteiger partial charge < -0.3 is 15.0 Å². The van der Waals surface area contributed by atoms with Gasteiger partial charge in [-0.3, -0.25) is 9.59 Å². The number of fused-ring (bicyclic) bond motifs is 1. The van der Waals surface area contributed by atoms with Crippen LogP contribution in [0.5, 0.6) is 5.75 Å². The number of hydrogen-bond acceptors (Lipinski definition) is 3. The first-order chi connectivity index (χ1) is 12.2. The summed E-state index contributed by atoms with van der Waals surface area (Å²) in [7, 11) is 1.59. The summed E-state index contributed by atoms with van der Waals surface area (Å²) in [6.07, 6.45) is 0. The third kappa shape index (κ3) is 3.08. The Kier molecular flexibility index (Phi) is 4.32. The highest BCUT2D eigenvalue weighted by molar-refractivity contribution is 6.10. The largest absolute Gasteiger partial charge is 0.506 e. The van der Waals surface area contributed by atoms with Gasteiger partial charge in [0.05, 0.1) is 5.52 Å². The number of amides is 1. The molecule has 0 fully saturated rings. The van der Waals surface area contributed by atoms with Gasteiger partial charge in [-0.25, -0.2) is 0 Å². The first-order valence-corrected chi connectivity index (χ1v) is 8.42. The number of anilines is 1. The lowest BCUT2D eigenvalue weighted by Gasteiger charge is -2.22. The van der Waals surface area contributed by atoms with Crippen LogP contribution in [0.25, 0.3) is 10.9 Å². The first kappa shape index (κ1) is 17.7. The highest BCUT2D eigenvalue weighted by Crippen LogP contribution is 2.28.